The minimum absolute atomic E-state index is 0.0499. The van der Waals surface area contributed by atoms with Gasteiger partial charge in [0.05, 0.1) is 13.7 Å². The number of benzene rings is 1. The molecule has 2 aromatic rings. The van der Waals surface area contributed by atoms with Crippen molar-refractivity contribution in [3.8, 4) is 11.5 Å². The standard InChI is InChI=1S/C17H23N5O4/c1-22(2)17-20-14(19-16(18)21-17)11-26-15(23)5-4-10-25-13-8-6-12(24-3)7-9-13/h6-9H,4-5,10-11H2,1-3H3,(H2,18,19,20,21). The second-order valence-electron chi connectivity index (χ2n) is 5.59. The zero-order chi connectivity index (χ0) is 18.9. The molecular weight excluding hydrogens is 338 g/mol. The van der Waals surface area contributed by atoms with Crippen LogP contribution in [0.15, 0.2) is 24.3 Å². The number of aromatic nitrogens is 3. The minimum Gasteiger partial charge on any atom is -0.497 e. The number of esters is 1. The molecule has 0 bridgehead atoms. The van der Waals surface area contributed by atoms with E-state index < -0.39 is 0 Å². The first-order chi connectivity index (χ1) is 12.5. The molecule has 2 rings (SSSR count). The largest absolute Gasteiger partial charge is 0.497 e. The lowest BCUT2D eigenvalue weighted by Gasteiger charge is -2.11. The van der Waals surface area contributed by atoms with Crippen LogP contribution in [0.5, 0.6) is 11.5 Å². The van der Waals surface area contributed by atoms with Crippen molar-refractivity contribution in [3.05, 3.63) is 30.1 Å². The van der Waals surface area contributed by atoms with Crippen LogP contribution in [0.3, 0.4) is 0 Å². The second kappa shape index (κ2) is 9.40. The molecule has 1 aromatic heterocycles. The van der Waals surface area contributed by atoms with Crippen molar-refractivity contribution in [3.63, 3.8) is 0 Å². The fraction of sp³-hybridized carbons (Fsp3) is 0.412. The lowest BCUT2D eigenvalue weighted by molar-refractivity contribution is -0.145. The van der Waals surface area contributed by atoms with Crippen LogP contribution in [0.1, 0.15) is 18.7 Å². The van der Waals surface area contributed by atoms with Gasteiger partial charge in [-0.25, -0.2) is 0 Å². The van der Waals surface area contributed by atoms with Crippen LogP contribution in [-0.4, -0.2) is 48.7 Å². The molecule has 0 spiro atoms. The first-order valence-corrected chi connectivity index (χ1v) is 8.08. The van der Waals surface area contributed by atoms with Gasteiger partial charge in [-0.1, -0.05) is 0 Å². The molecule has 1 aromatic carbocycles. The van der Waals surface area contributed by atoms with Gasteiger partial charge in [0.2, 0.25) is 11.9 Å². The van der Waals surface area contributed by atoms with Crippen LogP contribution in [0.4, 0.5) is 11.9 Å². The van der Waals surface area contributed by atoms with E-state index in [0.717, 1.165) is 11.5 Å². The molecule has 0 radical (unpaired) electrons. The molecule has 0 aliphatic rings. The molecule has 0 unspecified atom stereocenters. The number of nitrogens with zero attached hydrogens (tertiary/aromatic N) is 4. The molecule has 0 aliphatic heterocycles. The predicted molar refractivity (Wildman–Crippen MR) is 96.1 cm³/mol. The van der Waals surface area contributed by atoms with Crippen molar-refractivity contribution in [1.29, 1.82) is 0 Å². The maximum Gasteiger partial charge on any atom is 0.306 e. The Morgan fingerprint density at radius 3 is 2.46 bits per heavy atom. The number of nitrogen functional groups attached to an aromatic ring is 1. The van der Waals surface area contributed by atoms with E-state index >= 15 is 0 Å². The van der Waals surface area contributed by atoms with Crippen LogP contribution in [0.25, 0.3) is 0 Å². The normalized spacial score (nSPS) is 10.3. The van der Waals surface area contributed by atoms with Gasteiger partial charge in [-0.3, -0.25) is 4.79 Å². The molecule has 26 heavy (non-hydrogen) atoms. The van der Waals surface area contributed by atoms with Gasteiger partial charge < -0.3 is 24.8 Å². The molecule has 9 nitrogen and oxygen atoms in total. The van der Waals surface area contributed by atoms with Gasteiger partial charge in [-0.05, 0) is 30.7 Å². The maximum atomic E-state index is 11.8. The quantitative estimate of drug-likeness (QED) is 0.523. The Labute approximate surface area is 152 Å². The number of rotatable bonds is 9. The van der Waals surface area contributed by atoms with Crippen LogP contribution in [-0.2, 0) is 16.1 Å². The van der Waals surface area contributed by atoms with Crippen molar-refractivity contribution in [1.82, 2.24) is 15.0 Å². The second-order valence-corrected chi connectivity index (χ2v) is 5.59. The highest BCUT2D eigenvalue weighted by atomic mass is 16.5. The lowest BCUT2D eigenvalue weighted by Crippen LogP contribution is -2.17. The highest BCUT2D eigenvalue weighted by Gasteiger charge is 2.09. The third-order valence-electron chi connectivity index (χ3n) is 3.30. The summed E-state index contributed by atoms with van der Waals surface area (Å²) < 4.78 is 15.8. The topological polar surface area (TPSA) is 113 Å². The Bertz CT molecular complexity index is 722. The van der Waals surface area contributed by atoms with Gasteiger partial charge in [0.15, 0.2) is 12.4 Å². The molecule has 0 fully saturated rings. The third kappa shape index (κ3) is 6.08. The van der Waals surface area contributed by atoms with Crippen molar-refractivity contribution in [2.24, 2.45) is 0 Å². The Kier molecular flexibility index (Phi) is 6.95. The average Bonchev–Trinajstić information content (AvgIpc) is 2.63. The first-order valence-electron chi connectivity index (χ1n) is 8.08. The van der Waals surface area contributed by atoms with E-state index in [1.807, 2.05) is 24.3 Å². The van der Waals surface area contributed by atoms with E-state index in [0.29, 0.717) is 24.8 Å². The van der Waals surface area contributed by atoms with Crippen LogP contribution >= 0.6 is 0 Å². The minimum atomic E-state index is -0.353. The first kappa shape index (κ1) is 19.2. The van der Waals surface area contributed by atoms with E-state index in [1.165, 1.54) is 0 Å². The summed E-state index contributed by atoms with van der Waals surface area (Å²) in [7, 11) is 5.18. The fourth-order valence-corrected chi connectivity index (χ4v) is 1.99. The Hall–Kier alpha value is -3.10. The average molecular weight is 361 g/mol. The summed E-state index contributed by atoms with van der Waals surface area (Å²) in [6, 6.07) is 7.24. The van der Waals surface area contributed by atoms with E-state index in [2.05, 4.69) is 15.0 Å². The fourth-order valence-electron chi connectivity index (χ4n) is 1.99. The van der Waals surface area contributed by atoms with Gasteiger partial charge in [0.1, 0.15) is 11.5 Å². The molecule has 2 N–H and O–H groups in total. The predicted octanol–water partition coefficient (Wildman–Crippen LogP) is 1.43. The number of nitrogens with two attached hydrogens (primary N) is 1. The molecule has 1 heterocycles. The van der Waals surface area contributed by atoms with Gasteiger partial charge in [0, 0.05) is 20.5 Å². The molecule has 0 atom stereocenters. The number of methoxy groups -OCH3 is 1. The van der Waals surface area contributed by atoms with E-state index in [4.69, 9.17) is 19.9 Å². The van der Waals surface area contributed by atoms with Gasteiger partial charge in [-0.15, -0.1) is 0 Å². The van der Waals surface area contributed by atoms with Gasteiger partial charge >= 0.3 is 5.97 Å². The van der Waals surface area contributed by atoms with Crippen molar-refractivity contribution in [2.75, 3.05) is 38.4 Å². The number of hydrogen-bond acceptors (Lipinski definition) is 9. The summed E-state index contributed by atoms with van der Waals surface area (Å²) in [5, 5.41) is 0. The molecule has 0 amide bonds. The third-order valence-corrected chi connectivity index (χ3v) is 3.30. The van der Waals surface area contributed by atoms with Crippen LogP contribution < -0.4 is 20.1 Å². The zero-order valence-electron chi connectivity index (χ0n) is 15.1. The van der Waals surface area contributed by atoms with Gasteiger partial charge in [-0.2, -0.15) is 15.0 Å². The SMILES string of the molecule is COc1ccc(OCCCC(=O)OCc2nc(N)nc(N(C)C)n2)cc1. The van der Waals surface area contributed by atoms with Crippen molar-refractivity contribution >= 4 is 17.9 Å². The zero-order valence-corrected chi connectivity index (χ0v) is 15.1. The number of anilines is 2. The Morgan fingerprint density at radius 1 is 1.12 bits per heavy atom. The van der Waals surface area contributed by atoms with Crippen molar-refractivity contribution < 1.29 is 19.0 Å². The lowest BCUT2D eigenvalue weighted by atomic mass is 10.3. The highest BCUT2D eigenvalue weighted by molar-refractivity contribution is 5.69. The summed E-state index contributed by atoms with van der Waals surface area (Å²) in [5.74, 6) is 1.94. The summed E-state index contributed by atoms with van der Waals surface area (Å²) >= 11 is 0. The van der Waals surface area contributed by atoms with E-state index in [1.54, 1.807) is 26.1 Å². The molecule has 0 saturated carbocycles. The molecule has 9 heteroatoms. The summed E-state index contributed by atoms with van der Waals surface area (Å²) in [6.45, 7) is 0.358. The smallest absolute Gasteiger partial charge is 0.306 e. The van der Waals surface area contributed by atoms with Crippen LogP contribution in [0.2, 0.25) is 0 Å². The van der Waals surface area contributed by atoms with Gasteiger partial charge in [0.25, 0.3) is 0 Å². The number of hydrogen-bond donors (Lipinski definition) is 1. The molecule has 0 aliphatic carbocycles. The Morgan fingerprint density at radius 2 is 1.81 bits per heavy atom. The summed E-state index contributed by atoms with van der Waals surface area (Å²) in [5.41, 5.74) is 5.62. The Balaban J connectivity index is 1.70. The van der Waals surface area contributed by atoms with E-state index in [9.17, 15) is 4.79 Å². The molecule has 0 saturated heterocycles. The summed E-state index contributed by atoms with van der Waals surface area (Å²) in [6.07, 6.45) is 0.768. The monoisotopic (exact) mass is 361 g/mol. The molecule has 140 valence electrons. The highest BCUT2D eigenvalue weighted by Crippen LogP contribution is 2.17. The maximum absolute atomic E-state index is 11.8. The molecular formula is C17H23N5O4. The van der Waals surface area contributed by atoms with E-state index in [-0.39, 0.29) is 24.9 Å². The number of carbonyl (C=O) groups excluding carboxylic acids is 1. The number of carbonyl (C=O) groups is 1. The summed E-state index contributed by atoms with van der Waals surface area (Å²) in [4.78, 5) is 25.6. The van der Waals surface area contributed by atoms with Crippen LogP contribution in [0, 0.1) is 0 Å². The number of ether oxygens (including phenoxy) is 3. The van der Waals surface area contributed by atoms with Crippen molar-refractivity contribution in [2.45, 2.75) is 19.4 Å².